The number of benzene rings is 3. The Balaban J connectivity index is 1.68. The maximum atomic E-state index is 12.6. The second-order valence-corrected chi connectivity index (χ2v) is 8.56. The molecule has 28 heavy (non-hydrogen) atoms. The molecule has 0 bridgehead atoms. The Morgan fingerprint density at radius 1 is 0.893 bits per heavy atom. The summed E-state index contributed by atoms with van der Waals surface area (Å²) in [4.78, 5) is 0.148. The number of anilines is 3. The highest BCUT2D eigenvalue weighted by Crippen LogP contribution is 2.23. The van der Waals surface area contributed by atoms with Crippen LogP contribution >= 0.6 is 23.8 Å². The lowest BCUT2D eigenvalue weighted by Crippen LogP contribution is -2.19. The van der Waals surface area contributed by atoms with Crippen LogP contribution in [0.3, 0.4) is 0 Å². The van der Waals surface area contributed by atoms with Crippen molar-refractivity contribution in [3.8, 4) is 0 Å². The van der Waals surface area contributed by atoms with Gasteiger partial charge in [0.2, 0.25) is 0 Å². The van der Waals surface area contributed by atoms with E-state index in [2.05, 4.69) is 15.4 Å². The third-order valence-electron chi connectivity index (χ3n) is 3.89. The molecule has 3 rings (SSSR count). The first-order valence-corrected chi connectivity index (χ1v) is 10.6. The van der Waals surface area contributed by atoms with Crippen LogP contribution in [-0.4, -0.2) is 13.5 Å². The van der Waals surface area contributed by atoms with E-state index >= 15 is 0 Å². The predicted octanol–water partition coefficient (Wildman–Crippen LogP) is 5.26. The summed E-state index contributed by atoms with van der Waals surface area (Å²) >= 11 is 11.2. The van der Waals surface area contributed by atoms with E-state index in [0.717, 1.165) is 11.3 Å². The Kier molecular flexibility index (Phi) is 6.18. The van der Waals surface area contributed by atoms with Crippen LogP contribution in [0.4, 0.5) is 17.1 Å². The van der Waals surface area contributed by atoms with Crippen LogP contribution in [0.5, 0.6) is 0 Å². The van der Waals surface area contributed by atoms with Crippen molar-refractivity contribution in [2.75, 3.05) is 15.4 Å². The van der Waals surface area contributed by atoms with Crippen molar-refractivity contribution in [3.63, 3.8) is 0 Å². The fraction of sp³-hybridized carbons (Fsp3) is 0.0500. The summed E-state index contributed by atoms with van der Waals surface area (Å²) in [6, 6.07) is 20.8. The van der Waals surface area contributed by atoms with Crippen LogP contribution in [0, 0.1) is 6.92 Å². The molecule has 0 aromatic heterocycles. The first kappa shape index (κ1) is 20.1. The number of rotatable bonds is 5. The van der Waals surface area contributed by atoms with E-state index in [9.17, 15) is 8.42 Å². The molecule has 0 atom stereocenters. The van der Waals surface area contributed by atoms with Gasteiger partial charge in [-0.2, -0.15) is 0 Å². The van der Waals surface area contributed by atoms with Gasteiger partial charge in [0.05, 0.1) is 10.6 Å². The van der Waals surface area contributed by atoms with Crippen LogP contribution in [0.25, 0.3) is 0 Å². The molecule has 3 aromatic carbocycles. The second-order valence-electron chi connectivity index (χ2n) is 6.03. The van der Waals surface area contributed by atoms with E-state index < -0.39 is 10.0 Å². The number of thiocarbonyl (C=S) groups is 1. The summed E-state index contributed by atoms with van der Waals surface area (Å²) in [6.07, 6.45) is 0. The molecular formula is C20H18ClN3O2S2. The van der Waals surface area contributed by atoms with Crippen molar-refractivity contribution in [2.45, 2.75) is 11.8 Å². The third-order valence-corrected chi connectivity index (χ3v) is 5.71. The van der Waals surface area contributed by atoms with Crippen LogP contribution in [0.2, 0.25) is 5.02 Å². The summed E-state index contributed by atoms with van der Waals surface area (Å²) in [5.41, 5.74) is 2.77. The van der Waals surface area contributed by atoms with Gasteiger partial charge in [-0.1, -0.05) is 29.8 Å². The van der Waals surface area contributed by atoms with Crippen molar-refractivity contribution >= 4 is 56.0 Å². The standard InChI is InChI=1S/C20H18ClN3O2S2/c1-14-13-15(21)7-12-19(14)24-28(25,26)18-10-8-17(9-11-18)23-20(27)22-16-5-3-2-4-6-16/h2-13,24H,1H3,(H2,22,23,27). The van der Waals surface area contributed by atoms with Gasteiger partial charge in [0.15, 0.2) is 5.11 Å². The van der Waals surface area contributed by atoms with Gasteiger partial charge >= 0.3 is 0 Å². The summed E-state index contributed by atoms with van der Waals surface area (Å²) in [7, 11) is -3.71. The van der Waals surface area contributed by atoms with E-state index in [0.29, 0.717) is 21.5 Å². The molecule has 0 fully saturated rings. The SMILES string of the molecule is Cc1cc(Cl)ccc1NS(=O)(=O)c1ccc(NC(=S)Nc2ccccc2)cc1. The smallest absolute Gasteiger partial charge is 0.261 e. The fourth-order valence-electron chi connectivity index (χ4n) is 2.48. The zero-order chi connectivity index (χ0) is 20.1. The Hall–Kier alpha value is -2.61. The van der Waals surface area contributed by atoms with Gasteiger partial charge in [0.1, 0.15) is 0 Å². The number of sulfonamides is 1. The lowest BCUT2D eigenvalue weighted by molar-refractivity contribution is 0.601. The molecule has 0 heterocycles. The minimum atomic E-state index is -3.71. The molecule has 0 aliphatic carbocycles. The summed E-state index contributed by atoms with van der Waals surface area (Å²) in [5.74, 6) is 0. The Morgan fingerprint density at radius 3 is 2.11 bits per heavy atom. The molecule has 0 saturated carbocycles. The highest BCUT2D eigenvalue weighted by Gasteiger charge is 2.15. The van der Waals surface area contributed by atoms with Crippen LogP contribution in [0.15, 0.2) is 77.7 Å². The Bertz CT molecular complexity index is 1090. The zero-order valence-electron chi connectivity index (χ0n) is 14.9. The van der Waals surface area contributed by atoms with Gasteiger partial charge in [-0.25, -0.2) is 8.42 Å². The monoisotopic (exact) mass is 431 g/mol. The maximum absolute atomic E-state index is 12.6. The predicted molar refractivity (Wildman–Crippen MR) is 120 cm³/mol. The number of hydrogen-bond acceptors (Lipinski definition) is 3. The Labute approximate surface area is 174 Å². The third kappa shape index (κ3) is 5.22. The summed E-state index contributed by atoms with van der Waals surface area (Å²) < 4.78 is 27.8. The average Bonchev–Trinajstić information content (AvgIpc) is 2.65. The fourth-order valence-corrected chi connectivity index (χ4v) is 4.07. The largest absolute Gasteiger partial charge is 0.332 e. The number of aryl methyl sites for hydroxylation is 1. The molecule has 144 valence electrons. The molecule has 3 N–H and O–H groups in total. The van der Waals surface area contributed by atoms with E-state index in [-0.39, 0.29) is 4.90 Å². The average molecular weight is 432 g/mol. The molecule has 5 nitrogen and oxygen atoms in total. The number of para-hydroxylation sites is 1. The maximum Gasteiger partial charge on any atom is 0.261 e. The lowest BCUT2D eigenvalue weighted by atomic mass is 10.2. The highest BCUT2D eigenvalue weighted by atomic mass is 35.5. The minimum Gasteiger partial charge on any atom is -0.332 e. The topological polar surface area (TPSA) is 70.2 Å². The first-order chi connectivity index (χ1) is 13.3. The molecule has 0 saturated heterocycles. The quantitative estimate of drug-likeness (QED) is 0.481. The van der Waals surface area contributed by atoms with Crippen molar-refractivity contribution in [1.29, 1.82) is 0 Å². The normalized spacial score (nSPS) is 10.9. The van der Waals surface area contributed by atoms with Crippen molar-refractivity contribution in [2.24, 2.45) is 0 Å². The van der Waals surface area contributed by atoms with Crippen LogP contribution < -0.4 is 15.4 Å². The van der Waals surface area contributed by atoms with Gasteiger partial charge in [0.25, 0.3) is 10.0 Å². The molecule has 0 radical (unpaired) electrons. The van der Waals surface area contributed by atoms with Crippen molar-refractivity contribution < 1.29 is 8.42 Å². The van der Waals surface area contributed by atoms with Crippen LogP contribution in [0.1, 0.15) is 5.56 Å². The minimum absolute atomic E-state index is 0.148. The van der Waals surface area contributed by atoms with Gasteiger partial charge in [-0.05, 0) is 79.3 Å². The first-order valence-electron chi connectivity index (χ1n) is 8.35. The molecule has 0 aliphatic rings. The van der Waals surface area contributed by atoms with Crippen LogP contribution in [-0.2, 0) is 10.0 Å². The van der Waals surface area contributed by atoms with Crippen molar-refractivity contribution in [1.82, 2.24) is 0 Å². The molecule has 0 spiro atoms. The van der Waals surface area contributed by atoms with E-state index in [1.165, 1.54) is 12.1 Å². The number of hydrogen-bond donors (Lipinski definition) is 3. The molecule has 8 heteroatoms. The number of halogens is 1. The zero-order valence-corrected chi connectivity index (χ0v) is 17.3. The van der Waals surface area contributed by atoms with Crippen molar-refractivity contribution in [3.05, 3.63) is 83.4 Å². The molecular weight excluding hydrogens is 414 g/mol. The Morgan fingerprint density at radius 2 is 1.50 bits per heavy atom. The molecule has 0 unspecified atom stereocenters. The van der Waals surface area contributed by atoms with E-state index in [1.807, 2.05) is 30.3 Å². The van der Waals surface area contributed by atoms with E-state index in [4.69, 9.17) is 23.8 Å². The van der Waals surface area contributed by atoms with Gasteiger partial charge < -0.3 is 10.6 Å². The summed E-state index contributed by atoms with van der Waals surface area (Å²) in [6.45, 7) is 1.79. The molecule has 3 aromatic rings. The second kappa shape index (κ2) is 8.60. The van der Waals surface area contributed by atoms with Gasteiger partial charge in [0, 0.05) is 16.4 Å². The van der Waals surface area contributed by atoms with E-state index in [1.54, 1.807) is 37.3 Å². The number of nitrogens with one attached hydrogen (secondary N) is 3. The molecule has 0 aliphatic heterocycles. The molecule has 0 amide bonds. The highest BCUT2D eigenvalue weighted by molar-refractivity contribution is 7.92. The lowest BCUT2D eigenvalue weighted by Gasteiger charge is -2.13. The summed E-state index contributed by atoms with van der Waals surface area (Å²) in [5, 5.41) is 7.05. The van der Waals surface area contributed by atoms with Gasteiger partial charge in [-0.3, -0.25) is 4.72 Å². The van der Waals surface area contributed by atoms with Gasteiger partial charge in [-0.15, -0.1) is 0 Å².